The van der Waals surface area contributed by atoms with Gasteiger partial charge in [-0.2, -0.15) is 0 Å². The second-order valence-corrected chi connectivity index (χ2v) is 11.8. The Hall–Kier alpha value is -3.98. The van der Waals surface area contributed by atoms with Crippen molar-refractivity contribution in [1.82, 2.24) is 0 Å². The van der Waals surface area contributed by atoms with E-state index in [0.717, 1.165) is 0 Å². The molecule has 0 nitrogen and oxygen atoms in total. The zero-order valence-corrected chi connectivity index (χ0v) is 20.8. The van der Waals surface area contributed by atoms with Crippen molar-refractivity contribution < 1.29 is 0 Å². The minimum atomic E-state index is 1.30. The Bertz CT molecular complexity index is 2200. The van der Waals surface area contributed by atoms with E-state index in [0.29, 0.717) is 0 Å². The molecular formula is C34H18S2. The maximum absolute atomic E-state index is 2.35. The molecular weight excluding hydrogens is 473 g/mol. The van der Waals surface area contributed by atoms with Gasteiger partial charge in [-0.05, 0) is 56.6 Å². The van der Waals surface area contributed by atoms with Crippen LogP contribution in [0.3, 0.4) is 0 Å². The maximum Gasteiger partial charge on any atom is 0.0361 e. The highest BCUT2D eigenvalue weighted by molar-refractivity contribution is 7.26. The van der Waals surface area contributed by atoms with E-state index >= 15 is 0 Å². The van der Waals surface area contributed by atoms with E-state index in [2.05, 4.69) is 109 Å². The van der Waals surface area contributed by atoms with E-state index < -0.39 is 0 Å². The minimum Gasteiger partial charge on any atom is -0.135 e. The minimum absolute atomic E-state index is 1.30. The predicted octanol–water partition coefficient (Wildman–Crippen LogP) is 11.0. The molecule has 0 radical (unpaired) electrons. The molecule has 0 aliphatic rings. The molecule has 36 heavy (non-hydrogen) atoms. The van der Waals surface area contributed by atoms with Crippen LogP contribution in [0.2, 0.25) is 0 Å². The summed E-state index contributed by atoms with van der Waals surface area (Å²) in [6.45, 7) is 0. The Morgan fingerprint density at radius 3 is 1.17 bits per heavy atom. The standard InChI is InChI=1S/C34H18S2/c1-3-9-21-19(7-1)15-17-27-29(21)33-23-11-5-14-26-32(23)34(24-12-6-13-25(35-27)31(24)33)30-22-10-4-2-8-20(22)16-18-28(30)36-26/h1-18H. The van der Waals surface area contributed by atoms with Gasteiger partial charge in [-0.25, -0.2) is 0 Å². The highest BCUT2D eigenvalue weighted by Crippen LogP contribution is 2.50. The van der Waals surface area contributed by atoms with Crippen LogP contribution in [0.25, 0.3) is 83.4 Å². The molecule has 0 unspecified atom stereocenters. The summed E-state index contributed by atoms with van der Waals surface area (Å²) in [4.78, 5) is 0. The molecule has 2 heterocycles. The number of hydrogen-bond donors (Lipinski definition) is 0. The van der Waals surface area contributed by atoms with Crippen LogP contribution in [-0.4, -0.2) is 0 Å². The largest absolute Gasteiger partial charge is 0.135 e. The summed E-state index contributed by atoms with van der Waals surface area (Å²) in [7, 11) is 0. The number of fused-ring (bicyclic) bond motifs is 10. The smallest absolute Gasteiger partial charge is 0.0361 e. The normalized spacial score (nSPS) is 12.4. The summed E-state index contributed by atoms with van der Waals surface area (Å²) >= 11 is 3.84. The first kappa shape index (κ1) is 19.2. The molecule has 0 spiro atoms. The lowest BCUT2D eigenvalue weighted by atomic mass is 9.89. The lowest BCUT2D eigenvalue weighted by molar-refractivity contribution is 1.81. The third kappa shape index (κ3) is 2.34. The molecule has 9 aromatic rings. The third-order valence-electron chi connectivity index (χ3n) is 7.81. The zero-order valence-electron chi connectivity index (χ0n) is 19.2. The fraction of sp³-hybridized carbons (Fsp3) is 0. The zero-order chi connectivity index (χ0) is 23.4. The number of hydrogen-bond acceptors (Lipinski definition) is 2. The first-order valence-electron chi connectivity index (χ1n) is 12.3. The van der Waals surface area contributed by atoms with E-state index in [1.807, 2.05) is 22.7 Å². The van der Waals surface area contributed by atoms with Crippen LogP contribution in [0.5, 0.6) is 0 Å². The molecule has 0 saturated heterocycles. The molecule has 166 valence electrons. The Kier molecular flexibility index (Phi) is 3.64. The van der Waals surface area contributed by atoms with Crippen LogP contribution < -0.4 is 0 Å². The van der Waals surface area contributed by atoms with Crippen LogP contribution >= 0.6 is 22.7 Å². The van der Waals surface area contributed by atoms with E-state index in [1.165, 1.54) is 83.4 Å². The van der Waals surface area contributed by atoms with Crippen molar-refractivity contribution in [2.24, 2.45) is 0 Å². The molecule has 0 atom stereocenters. The monoisotopic (exact) mass is 490 g/mol. The quantitative estimate of drug-likeness (QED) is 0.146. The summed E-state index contributed by atoms with van der Waals surface area (Å²) in [6.07, 6.45) is 0. The highest BCUT2D eigenvalue weighted by atomic mass is 32.1. The molecule has 2 aromatic heterocycles. The van der Waals surface area contributed by atoms with Gasteiger partial charge in [-0.1, -0.05) is 84.9 Å². The van der Waals surface area contributed by atoms with Crippen molar-refractivity contribution in [2.75, 3.05) is 0 Å². The van der Waals surface area contributed by atoms with Crippen molar-refractivity contribution in [3.05, 3.63) is 109 Å². The Morgan fingerprint density at radius 1 is 0.278 bits per heavy atom. The van der Waals surface area contributed by atoms with Crippen molar-refractivity contribution in [3.63, 3.8) is 0 Å². The second kappa shape index (κ2) is 6.82. The van der Waals surface area contributed by atoms with Gasteiger partial charge in [0.15, 0.2) is 0 Å². The van der Waals surface area contributed by atoms with Gasteiger partial charge in [0.2, 0.25) is 0 Å². The topological polar surface area (TPSA) is 0 Å². The van der Waals surface area contributed by atoms with Gasteiger partial charge in [-0.3, -0.25) is 0 Å². The van der Waals surface area contributed by atoms with Gasteiger partial charge >= 0.3 is 0 Å². The Morgan fingerprint density at radius 2 is 0.667 bits per heavy atom. The van der Waals surface area contributed by atoms with Gasteiger partial charge in [0, 0.05) is 51.1 Å². The van der Waals surface area contributed by atoms with Crippen LogP contribution in [0.4, 0.5) is 0 Å². The van der Waals surface area contributed by atoms with Crippen molar-refractivity contribution in [1.29, 1.82) is 0 Å². The second-order valence-electron chi connectivity index (χ2n) is 9.63. The van der Waals surface area contributed by atoms with Crippen molar-refractivity contribution in [2.45, 2.75) is 0 Å². The fourth-order valence-electron chi connectivity index (χ4n) is 6.38. The molecule has 7 aromatic carbocycles. The van der Waals surface area contributed by atoms with Gasteiger partial charge < -0.3 is 0 Å². The number of rotatable bonds is 0. The van der Waals surface area contributed by atoms with Crippen molar-refractivity contribution in [3.8, 4) is 0 Å². The predicted molar refractivity (Wildman–Crippen MR) is 162 cm³/mol. The highest BCUT2D eigenvalue weighted by Gasteiger charge is 2.20. The third-order valence-corrected chi connectivity index (χ3v) is 10.1. The molecule has 9 rings (SSSR count). The molecule has 0 aliphatic heterocycles. The van der Waals surface area contributed by atoms with Crippen LogP contribution in [0.15, 0.2) is 109 Å². The van der Waals surface area contributed by atoms with Crippen LogP contribution in [0.1, 0.15) is 0 Å². The van der Waals surface area contributed by atoms with Crippen LogP contribution in [-0.2, 0) is 0 Å². The average Bonchev–Trinajstić information content (AvgIpc) is 2.94. The van der Waals surface area contributed by atoms with E-state index in [4.69, 9.17) is 0 Å². The lowest BCUT2D eigenvalue weighted by Gasteiger charge is -2.19. The van der Waals surface area contributed by atoms with Gasteiger partial charge in [-0.15, -0.1) is 22.7 Å². The molecule has 0 fully saturated rings. The summed E-state index contributed by atoms with van der Waals surface area (Å²) in [6, 6.07) is 40.7. The van der Waals surface area contributed by atoms with Crippen molar-refractivity contribution >= 4 is 106 Å². The Balaban J connectivity index is 1.72. The lowest BCUT2D eigenvalue weighted by Crippen LogP contribution is -1.89. The molecule has 2 heteroatoms. The first-order valence-corrected chi connectivity index (χ1v) is 13.9. The molecule has 0 amide bonds. The summed E-state index contributed by atoms with van der Waals surface area (Å²) < 4.78 is 5.41. The SMILES string of the molecule is c1ccc2c(c1)ccc1sc3cccc4c3c(c3cccc5sc6ccc7ccccc7c6c4c53)c12. The molecule has 0 N–H and O–H groups in total. The van der Waals surface area contributed by atoms with Gasteiger partial charge in [0.05, 0.1) is 0 Å². The molecule has 0 saturated carbocycles. The summed E-state index contributed by atoms with van der Waals surface area (Å²) in [5.41, 5.74) is 0. The van der Waals surface area contributed by atoms with E-state index in [9.17, 15) is 0 Å². The van der Waals surface area contributed by atoms with Crippen LogP contribution in [0, 0.1) is 0 Å². The summed E-state index contributed by atoms with van der Waals surface area (Å²) in [5, 5.41) is 16.4. The first-order chi connectivity index (χ1) is 17.9. The maximum atomic E-state index is 2.35. The summed E-state index contributed by atoms with van der Waals surface area (Å²) in [5.74, 6) is 0. The average molecular weight is 491 g/mol. The van der Waals surface area contributed by atoms with Gasteiger partial charge in [0.1, 0.15) is 0 Å². The van der Waals surface area contributed by atoms with E-state index in [-0.39, 0.29) is 0 Å². The molecule has 0 aliphatic carbocycles. The fourth-order valence-corrected chi connectivity index (χ4v) is 8.67. The molecule has 0 bridgehead atoms. The Labute approximate surface area is 214 Å². The van der Waals surface area contributed by atoms with E-state index in [1.54, 1.807) is 0 Å². The van der Waals surface area contributed by atoms with Gasteiger partial charge in [0.25, 0.3) is 0 Å². The number of benzene rings is 7.